The van der Waals surface area contributed by atoms with E-state index in [-0.39, 0.29) is 0 Å². The molecule has 18 heavy (non-hydrogen) atoms. The fourth-order valence-electron chi connectivity index (χ4n) is 1.85. The molecular formula is C15H24N2S. The van der Waals surface area contributed by atoms with E-state index in [4.69, 9.17) is 12.2 Å². The number of rotatable bonds is 6. The number of nitrogens with zero attached hydrogens (tertiary/aromatic N) is 1. The van der Waals surface area contributed by atoms with E-state index in [2.05, 4.69) is 55.3 Å². The lowest BCUT2D eigenvalue weighted by Gasteiger charge is -2.25. The summed E-state index contributed by atoms with van der Waals surface area (Å²) < 4.78 is 0. The van der Waals surface area contributed by atoms with E-state index in [0.717, 1.165) is 37.6 Å². The second-order valence-electron chi connectivity index (χ2n) is 4.63. The second-order valence-corrected chi connectivity index (χ2v) is 5.02. The van der Waals surface area contributed by atoms with Crippen LogP contribution in [0.2, 0.25) is 0 Å². The SMILES string of the molecule is CCCN(CCC)C(=S)NCc1ccc(C)cc1. The average molecular weight is 264 g/mol. The van der Waals surface area contributed by atoms with Crippen LogP contribution in [0.5, 0.6) is 0 Å². The minimum Gasteiger partial charge on any atom is -0.358 e. The molecule has 0 radical (unpaired) electrons. The highest BCUT2D eigenvalue weighted by atomic mass is 32.1. The molecule has 0 aromatic heterocycles. The fraction of sp³-hybridized carbons (Fsp3) is 0.533. The summed E-state index contributed by atoms with van der Waals surface area (Å²) in [7, 11) is 0. The predicted molar refractivity (Wildman–Crippen MR) is 82.8 cm³/mol. The summed E-state index contributed by atoms with van der Waals surface area (Å²) in [5.41, 5.74) is 2.57. The molecule has 0 fully saturated rings. The Hall–Kier alpha value is -1.09. The normalized spacial score (nSPS) is 10.2. The molecule has 1 aromatic rings. The molecule has 100 valence electrons. The molecule has 0 amide bonds. The van der Waals surface area contributed by atoms with E-state index in [9.17, 15) is 0 Å². The average Bonchev–Trinajstić information content (AvgIpc) is 2.37. The van der Waals surface area contributed by atoms with E-state index in [1.807, 2.05) is 0 Å². The lowest BCUT2D eigenvalue weighted by Crippen LogP contribution is -2.40. The minimum atomic E-state index is 0.809. The third-order valence-corrected chi connectivity index (χ3v) is 3.24. The van der Waals surface area contributed by atoms with Crippen LogP contribution in [0.4, 0.5) is 0 Å². The summed E-state index contributed by atoms with van der Waals surface area (Å²) in [5, 5.41) is 4.22. The highest BCUT2D eigenvalue weighted by Gasteiger charge is 2.06. The van der Waals surface area contributed by atoms with Gasteiger partial charge in [-0.05, 0) is 37.5 Å². The first-order valence-electron chi connectivity index (χ1n) is 6.75. The maximum atomic E-state index is 5.45. The molecule has 1 aromatic carbocycles. The van der Waals surface area contributed by atoms with Crippen LogP contribution in [0.15, 0.2) is 24.3 Å². The molecular weight excluding hydrogens is 240 g/mol. The molecule has 1 rings (SSSR count). The highest BCUT2D eigenvalue weighted by Crippen LogP contribution is 2.03. The van der Waals surface area contributed by atoms with Gasteiger partial charge in [0.15, 0.2) is 5.11 Å². The number of thiocarbonyl (C=S) groups is 1. The van der Waals surface area contributed by atoms with Gasteiger partial charge in [-0.25, -0.2) is 0 Å². The lowest BCUT2D eigenvalue weighted by molar-refractivity contribution is 0.409. The first-order chi connectivity index (χ1) is 8.67. The Morgan fingerprint density at radius 3 is 2.17 bits per heavy atom. The zero-order chi connectivity index (χ0) is 13.4. The quantitative estimate of drug-likeness (QED) is 0.792. The van der Waals surface area contributed by atoms with Crippen molar-refractivity contribution in [3.63, 3.8) is 0 Å². The van der Waals surface area contributed by atoms with E-state index in [1.165, 1.54) is 11.1 Å². The van der Waals surface area contributed by atoms with Crippen LogP contribution in [0.3, 0.4) is 0 Å². The Balaban J connectivity index is 2.45. The standard InChI is InChI=1S/C15H24N2S/c1-4-10-17(11-5-2)15(18)16-12-14-8-6-13(3)7-9-14/h6-9H,4-5,10-12H2,1-3H3,(H,16,18). The monoisotopic (exact) mass is 264 g/mol. The molecule has 0 heterocycles. The van der Waals surface area contributed by atoms with Crippen LogP contribution in [-0.4, -0.2) is 23.1 Å². The van der Waals surface area contributed by atoms with Crippen LogP contribution >= 0.6 is 12.2 Å². The van der Waals surface area contributed by atoms with Crippen molar-refractivity contribution in [1.82, 2.24) is 10.2 Å². The van der Waals surface area contributed by atoms with Gasteiger partial charge in [0.25, 0.3) is 0 Å². The van der Waals surface area contributed by atoms with Crippen LogP contribution in [-0.2, 0) is 6.54 Å². The molecule has 0 aliphatic rings. The molecule has 1 N–H and O–H groups in total. The van der Waals surface area contributed by atoms with Crippen molar-refractivity contribution in [3.05, 3.63) is 35.4 Å². The molecule has 0 unspecified atom stereocenters. The van der Waals surface area contributed by atoms with Gasteiger partial charge in [-0.3, -0.25) is 0 Å². The van der Waals surface area contributed by atoms with Gasteiger partial charge in [0.2, 0.25) is 0 Å². The number of hydrogen-bond acceptors (Lipinski definition) is 1. The number of nitrogens with one attached hydrogen (secondary N) is 1. The number of benzene rings is 1. The maximum absolute atomic E-state index is 5.45. The Morgan fingerprint density at radius 2 is 1.67 bits per heavy atom. The van der Waals surface area contributed by atoms with Crippen molar-refractivity contribution in [1.29, 1.82) is 0 Å². The minimum absolute atomic E-state index is 0.809. The lowest BCUT2D eigenvalue weighted by atomic mass is 10.1. The van der Waals surface area contributed by atoms with Crippen molar-refractivity contribution in [2.24, 2.45) is 0 Å². The van der Waals surface area contributed by atoms with Gasteiger partial charge >= 0.3 is 0 Å². The number of hydrogen-bond donors (Lipinski definition) is 1. The topological polar surface area (TPSA) is 15.3 Å². The van der Waals surface area contributed by atoms with Gasteiger partial charge in [0.1, 0.15) is 0 Å². The first kappa shape index (κ1) is 15.0. The molecule has 0 atom stereocenters. The Labute approximate surface area is 116 Å². The Morgan fingerprint density at radius 1 is 1.11 bits per heavy atom. The highest BCUT2D eigenvalue weighted by molar-refractivity contribution is 7.80. The van der Waals surface area contributed by atoms with Gasteiger partial charge < -0.3 is 10.2 Å². The zero-order valence-corrected chi connectivity index (χ0v) is 12.5. The van der Waals surface area contributed by atoms with Crippen LogP contribution in [0, 0.1) is 6.92 Å². The van der Waals surface area contributed by atoms with Crippen molar-refractivity contribution in [2.45, 2.75) is 40.2 Å². The predicted octanol–water partition coefficient (Wildman–Crippen LogP) is 3.49. The Kier molecular flexibility index (Phi) is 6.73. The summed E-state index contributed by atoms with van der Waals surface area (Å²) in [6.07, 6.45) is 2.26. The molecule has 0 aliphatic heterocycles. The van der Waals surface area contributed by atoms with Gasteiger partial charge in [0.05, 0.1) is 0 Å². The summed E-state index contributed by atoms with van der Waals surface area (Å²) in [6, 6.07) is 8.57. The molecule has 0 bridgehead atoms. The summed E-state index contributed by atoms with van der Waals surface area (Å²) in [5.74, 6) is 0. The van der Waals surface area contributed by atoms with E-state index in [1.54, 1.807) is 0 Å². The number of aryl methyl sites for hydroxylation is 1. The van der Waals surface area contributed by atoms with Gasteiger partial charge in [-0.15, -0.1) is 0 Å². The van der Waals surface area contributed by atoms with E-state index < -0.39 is 0 Å². The van der Waals surface area contributed by atoms with Gasteiger partial charge in [-0.2, -0.15) is 0 Å². The maximum Gasteiger partial charge on any atom is 0.169 e. The summed E-state index contributed by atoms with van der Waals surface area (Å²) >= 11 is 5.45. The third kappa shape index (κ3) is 5.05. The molecule has 0 aliphatic carbocycles. The van der Waals surface area contributed by atoms with Gasteiger partial charge in [0, 0.05) is 19.6 Å². The van der Waals surface area contributed by atoms with Crippen LogP contribution in [0.1, 0.15) is 37.8 Å². The summed E-state index contributed by atoms with van der Waals surface area (Å²) in [4.78, 5) is 2.25. The largest absolute Gasteiger partial charge is 0.358 e. The van der Waals surface area contributed by atoms with Crippen LogP contribution in [0.25, 0.3) is 0 Å². The van der Waals surface area contributed by atoms with E-state index in [0.29, 0.717) is 0 Å². The first-order valence-corrected chi connectivity index (χ1v) is 7.16. The molecule has 3 heteroatoms. The van der Waals surface area contributed by atoms with Crippen LogP contribution < -0.4 is 5.32 Å². The molecule has 2 nitrogen and oxygen atoms in total. The van der Waals surface area contributed by atoms with Gasteiger partial charge in [-0.1, -0.05) is 43.7 Å². The second kappa shape index (κ2) is 8.09. The zero-order valence-electron chi connectivity index (χ0n) is 11.7. The molecule has 0 saturated carbocycles. The summed E-state index contributed by atoms with van der Waals surface area (Å²) in [6.45, 7) is 9.35. The Bertz CT molecular complexity index is 353. The van der Waals surface area contributed by atoms with Crippen molar-refractivity contribution >= 4 is 17.3 Å². The smallest absolute Gasteiger partial charge is 0.169 e. The van der Waals surface area contributed by atoms with Crippen molar-refractivity contribution in [2.75, 3.05) is 13.1 Å². The van der Waals surface area contributed by atoms with Crippen molar-refractivity contribution in [3.8, 4) is 0 Å². The molecule has 0 saturated heterocycles. The van der Waals surface area contributed by atoms with Crippen molar-refractivity contribution < 1.29 is 0 Å². The molecule has 0 spiro atoms. The van der Waals surface area contributed by atoms with E-state index >= 15 is 0 Å². The fourth-order valence-corrected chi connectivity index (χ4v) is 2.10. The third-order valence-electron chi connectivity index (χ3n) is 2.84.